The summed E-state index contributed by atoms with van der Waals surface area (Å²) in [6.45, 7) is 0.442. The summed E-state index contributed by atoms with van der Waals surface area (Å²) in [5.74, 6) is -3.33. The lowest BCUT2D eigenvalue weighted by molar-refractivity contribution is -0.133. The van der Waals surface area contributed by atoms with E-state index in [1.54, 1.807) is 27.9 Å². The molecule has 2 amide bonds. The number of halogens is 2. The third kappa shape index (κ3) is 3.16. The molecule has 29 heavy (non-hydrogen) atoms. The third-order valence-electron chi connectivity index (χ3n) is 5.58. The summed E-state index contributed by atoms with van der Waals surface area (Å²) in [7, 11) is 0. The molecule has 2 aliphatic rings. The molecule has 7 nitrogen and oxygen atoms in total. The number of aromatic amines is 1. The Balaban J connectivity index is 1.37. The zero-order chi connectivity index (χ0) is 20.2. The van der Waals surface area contributed by atoms with E-state index in [0.29, 0.717) is 12.2 Å². The number of para-hydroxylation sites is 1. The number of carbonyl (C=O) groups is 2. The van der Waals surface area contributed by atoms with Gasteiger partial charge in [0.25, 0.3) is 11.8 Å². The van der Waals surface area contributed by atoms with E-state index in [9.17, 15) is 18.4 Å². The van der Waals surface area contributed by atoms with Gasteiger partial charge in [0.05, 0.1) is 18.8 Å². The molecule has 150 valence electrons. The number of fused-ring (bicyclic) bond motifs is 2. The molecule has 1 fully saturated rings. The van der Waals surface area contributed by atoms with Gasteiger partial charge in [-0.2, -0.15) is 5.10 Å². The summed E-state index contributed by atoms with van der Waals surface area (Å²) < 4.78 is 27.7. The van der Waals surface area contributed by atoms with Crippen molar-refractivity contribution in [3.05, 3.63) is 54.0 Å². The molecule has 3 heterocycles. The number of hydrogen-bond acceptors (Lipinski definition) is 3. The van der Waals surface area contributed by atoms with E-state index in [-0.39, 0.29) is 25.3 Å². The predicted octanol–water partition coefficient (Wildman–Crippen LogP) is 2.48. The number of amides is 2. The molecule has 1 aromatic carbocycles. The summed E-state index contributed by atoms with van der Waals surface area (Å²) in [5.41, 5.74) is 2.02. The molecule has 0 unspecified atom stereocenters. The van der Waals surface area contributed by atoms with Gasteiger partial charge in [-0.05, 0) is 18.2 Å². The molecule has 1 aliphatic heterocycles. The van der Waals surface area contributed by atoms with Gasteiger partial charge >= 0.3 is 0 Å². The molecule has 1 atom stereocenters. The summed E-state index contributed by atoms with van der Waals surface area (Å²) in [6, 6.07) is 9.83. The highest BCUT2D eigenvalue weighted by atomic mass is 19.3. The van der Waals surface area contributed by atoms with Crippen LogP contribution in [0.25, 0.3) is 10.9 Å². The topological polar surface area (TPSA) is 83.0 Å². The van der Waals surface area contributed by atoms with Crippen LogP contribution in [-0.2, 0) is 11.3 Å². The molecule has 0 bridgehead atoms. The second kappa shape index (κ2) is 6.40. The van der Waals surface area contributed by atoms with Crippen LogP contribution in [0.15, 0.2) is 42.6 Å². The standard InChI is InChI=1S/C20H19F2N5O2/c21-20(22)8-13(9-20)24-18(28)17-11-26(10-14-5-6-23-27(14)17)19(29)16-7-12-3-1-2-4-15(12)25-16/h1-7,13,17,25H,8-11H2,(H,24,28)/t17-/m1/s1. The fourth-order valence-corrected chi connectivity index (χ4v) is 4.06. The first-order valence-electron chi connectivity index (χ1n) is 9.47. The van der Waals surface area contributed by atoms with Crippen molar-refractivity contribution < 1.29 is 18.4 Å². The molecule has 0 radical (unpaired) electrons. The van der Waals surface area contributed by atoms with Gasteiger partial charge in [0.1, 0.15) is 11.7 Å². The van der Waals surface area contributed by atoms with Gasteiger partial charge in [-0.25, -0.2) is 8.78 Å². The Morgan fingerprint density at radius 1 is 1.21 bits per heavy atom. The molecular formula is C20H19F2N5O2. The van der Waals surface area contributed by atoms with Crippen LogP contribution in [0.5, 0.6) is 0 Å². The zero-order valence-corrected chi connectivity index (χ0v) is 15.4. The molecule has 1 saturated carbocycles. The van der Waals surface area contributed by atoms with Crippen LogP contribution in [0, 0.1) is 0 Å². The van der Waals surface area contributed by atoms with Gasteiger partial charge in [0.2, 0.25) is 5.91 Å². The Hall–Kier alpha value is -3.23. The number of carbonyl (C=O) groups excluding carboxylic acids is 2. The maximum absolute atomic E-state index is 13.1. The van der Waals surface area contributed by atoms with Crippen LogP contribution in [0.1, 0.15) is 35.1 Å². The van der Waals surface area contributed by atoms with E-state index < -0.39 is 23.9 Å². The largest absolute Gasteiger partial charge is 0.351 e. The Morgan fingerprint density at radius 3 is 2.76 bits per heavy atom. The monoisotopic (exact) mass is 399 g/mol. The highest BCUT2D eigenvalue weighted by Gasteiger charge is 2.47. The van der Waals surface area contributed by atoms with Gasteiger partial charge in [-0.3, -0.25) is 14.3 Å². The van der Waals surface area contributed by atoms with Crippen LogP contribution < -0.4 is 5.32 Å². The molecule has 1 aliphatic carbocycles. The van der Waals surface area contributed by atoms with Gasteiger partial charge in [0.15, 0.2) is 0 Å². The number of rotatable bonds is 3. The first kappa shape index (κ1) is 17.8. The molecule has 3 aromatic rings. The lowest BCUT2D eigenvalue weighted by atomic mass is 9.88. The normalized spacial score (nSPS) is 20.9. The van der Waals surface area contributed by atoms with Crippen molar-refractivity contribution in [1.82, 2.24) is 25.0 Å². The van der Waals surface area contributed by atoms with Crippen molar-refractivity contribution in [2.24, 2.45) is 0 Å². The summed E-state index contributed by atoms with van der Waals surface area (Å²) >= 11 is 0. The Labute approximate surface area is 164 Å². The van der Waals surface area contributed by atoms with E-state index in [2.05, 4.69) is 15.4 Å². The van der Waals surface area contributed by atoms with Crippen LogP contribution in [0.2, 0.25) is 0 Å². The maximum Gasteiger partial charge on any atom is 0.270 e. The van der Waals surface area contributed by atoms with Crippen LogP contribution >= 0.6 is 0 Å². The number of aromatic nitrogens is 3. The van der Waals surface area contributed by atoms with Gasteiger partial charge in [-0.15, -0.1) is 0 Å². The molecule has 0 spiro atoms. The Bertz CT molecular complexity index is 1060. The van der Waals surface area contributed by atoms with Crippen molar-refractivity contribution in [2.75, 3.05) is 6.54 Å². The molecule has 2 N–H and O–H groups in total. The Morgan fingerprint density at radius 2 is 2.00 bits per heavy atom. The maximum atomic E-state index is 13.1. The highest BCUT2D eigenvalue weighted by molar-refractivity contribution is 5.98. The minimum Gasteiger partial charge on any atom is -0.351 e. The molecule has 0 saturated heterocycles. The quantitative estimate of drug-likeness (QED) is 0.710. The van der Waals surface area contributed by atoms with E-state index in [0.717, 1.165) is 16.6 Å². The van der Waals surface area contributed by atoms with Crippen LogP contribution in [-0.4, -0.2) is 50.0 Å². The number of nitrogens with zero attached hydrogens (tertiary/aromatic N) is 3. The minimum atomic E-state index is -2.71. The first-order chi connectivity index (χ1) is 13.9. The Kier molecular flexibility index (Phi) is 3.94. The van der Waals surface area contributed by atoms with Gasteiger partial charge in [-0.1, -0.05) is 18.2 Å². The van der Waals surface area contributed by atoms with Crippen molar-refractivity contribution in [3.63, 3.8) is 0 Å². The minimum absolute atomic E-state index is 0.123. The van der Waals surface area contributed by atoms with E-state index in [1.807, 2.05) is 24.3 Å². The second-order valence-corrected chi connectivity index (χ2v) is 7.71. The number of nitrogens with one attached hydrogen (secondary N) is 2. The highest BCUT2D eigenvalue weighted by Crippen LogP contribution is 2.37. The molecular weight excluding hydrogens is 380 g/mol. The fraction of sp³-hybridized carbons (Fsp3) is 0.350. The third-order valence-corrected chi connectivity index (χ3v) is 5.58. The first-order valence-corrected chi connectivity index (χ1v) is 9.47. The summed E-state index contributed by atoms with van der Waals surface area (Å²) in [4.78, 5) is 30.5. The van der Waals surface area contributed by atoms with Crippen molar-refractivity contribution in [3.8, 4) is 0 Å². The van der Waals surface area contributed by atoms with E-state index in [4.69, 9.17) is 0 Å². The predicted molar refractivity (Wildman–Crippen MR) is 100 cm³/mol. The second-order valence-electron chi connectivity index (χ2n) is 7.71. The number of H-pyrrole nitrogens is 1. The number of benzene rings is 1. The molecule has 5 rings (SSSR count). The van der Waals surface area contributed by atoms with Crippen molar-refractivity contribution >= 4 is 22.7 Å². The van der Waals surface area contributed by atoms with E-state index >= 15 is 0 Å². The van der Waals surface area contributed by atoms with E-state index in [1.165, 1.54) is 0 Å². The number of hydrogen-bond donors (Lipinski definition) is 2. The van der Waals surface area contributed by atoms with Crippen molar-refractivity contribution in [2.45, 2.75) is 37.4 Å². The van der Waals surface area contributed by atoms with Gasteiger partial charge < -0.3 is 15.2 Å². The van der Waals surface area contributed by atoms with Crippen LogP contribution in [0.4, 0.5) is 8.78 Å². The van der Waals surface area contributed by atoms with Crippen molar-refractivity contribution in [1.29, 1.82) is 0 Å². The molecule has 9 heteroatoms. The van der Waals surface area contributed by atoms with Gasteiger partial charge in [0, 0.05) is 36.0 Å². The summed E-state index contributed by atoms with van der Waals surface area (Å²) in [5, 5.41) is 7.80. The average molecular weight is 399 g/mol. The lowest BCUT2D eigenvalue weighted by Gasteiger charge is -2.38. The summed E-state index contributed by atoms with van der Waals surface area (Å²) in [6.07, 6.45) is 0.869. The van der Waals surface area contributed by atoms with Crippen LogP contribution in [0.3, 0.4) is 0 Å². The SMILES string of the molecule is O=C(NC1CC(F)(F)C1)[C@H]1CN(C(=O)c2cc3ccccc3[nH]2)Cc2ccnn21. The lowest BCUT2D eigenvalue weighted by Crippen LogP contribution is -2.54. The molecule has 2 aromatic heterocycles. The fourth-order valence-electron chi connectivity index (χ4n) is 4.06. The number of alkyl halides is 2. The average Bonchev–Trinajstić information content (AvgIpc) is 3.31. The zero-order valence-electron chi connectivity index (χ0n) is 15.4. The smallest absolute Gasteiger partial charge is 0.270 e.